The topological polar surface area (TPSA) is 119 Å². The Morgan fingerprint density at radius 2 is 1.79 bits per heavy atom. The van der Waals surface area contributed by atoms with Crippen molar-refractivity contribution in [2.24, 2.45) is 0 Å². The summed E-state index contributed by atoms with van der Waals surface area (Å²) in [5, 5.41) is 14.4. The maximum Gasteiger partial charge on any atom is 0.312 e. The van der Waals surface area contributed by atoms with Gasteiger partial charge < -0.3 is 10.1 Å². The van der Waals surface area contributed by atoms with Crippen LogP contribution in [-0.4, -0.2) is 49.3 Å². The number of nitrogens with one attached hydrogen (secondary N) is 1. The van der Waals surface area contributed by atoms with E-state index in [0.29, 0.717) is 13.1 Å². The van der Waals surface area contributed by atoms with E-state index in [9.17, 15) is 23.3 Å². The van der Waals surface area contributed by atoms with Gasteiger partial charge in [-0.15, -0.1) is 0 Å². The smallest absolute Gasteiger partial charge is 0.312 e. The Morgan fingerprint density at radius 3 is 2.41 bits per heavy atom. The third kappa shape index (κ3) is 5.45. The summed E-state index contributed by atoms with van der Waals surface area (Å²) in [6.45, 7) is 0.473. The van der Waals surface area contributed by atoms with E-state index in [1.165, 1.54) is 29.3 Å². The average molecular weight is 426 g/mol. The van der Waals surface area contributed by atoms with Crippen molar-refractivity contribution in [3.63, 3.8) is 0 Å². The van der Waals surface area contributed by atoms with Gasteiger partial charge in [-0.3, -0.25) is 14.9 Å². The molecule has 1 aromatic carbocycles. The van der Waals surface area contributed by atoms with E-state index in [2.05, 4.69) is 5.32 Å². The number of nitro benzene ring substituents is 1. The Balaban J connectivity index is 1.67. The summed E-state index contributed by atoms with van der Waals surface area (Å²) in [5.41, 5.74) is -0.465. The first-order chi connectivity index (χ1) is 13.9. The van der Waals surface area contributed by atoms with E-state index in [0.717, 1.165) is 44.6 Å². The number of carbonyl (C=O) groups is 1. The highest BCUT2D eigenvalue weighted by molar-refractivity contribution is 7.89. The molecule has 9 nitrogen and oxygen atoms in total. The van der Waals surface area contributed by atoms with Gasteiger partial charge in [-0.1, -0.05) is 25.7 Å². The van der Waals surface area contributed by atoms with Crippen LogP contribution in [0.5, 0.6) is 5.75 Å². The van der Waals surface area contributed by atoms with Crippen LogP contribution in [0.2, 0.25) is 0 Å². The molecule has 1 heterocycles. The molecule has 1 aromatic rings. The quantitative estimate of drug-likeness (QED) is 0.407. The Kier molecular flexibility index (Phi) is 7.07. The second-order valence-electron chi connectivity index (χ2n) is 7.54. The predicted octanol–water partition coefficient (Wildman–Crippen LogP) is 2.60. The van der Waals surface area contributed by atoms with E-state index in [4.69, 9.17) is 4.74 Å². The van der Waals surface area contributed by atoms with Gasteiger partial charge in [0.2, 0.25) is 10.0 Å². The molecule has 0 aromatic heterocycles. The lowest BCUT2D eigenvalue weighted by molar-refractivity contribution is -0.386. The van der Waals surface area contributed by atoms with Crippen LogP contribution in [0.1, 0.15) is 51.4 Å². The monoisotopic (exact) mass is 425 g/mol. The summed E-state index contributed by atoms with van der Waals surface area (Å²) < 4.78 is 32.0. The van der Waals surface area contributed by atoms with Crippen LogP contribution in [-0.2, 0) is 14.8 Å². The zero-order valence-electron chi connectivity index (χ0n) is 16.3. The standard InChI is InChI=1S/C19H27N3O6S/c23-19(20-15-7-3-1-2-4-8-15)14-28-18-10-9-16(13-17(18)22(24)25)29(26,27)21-11-5-6-12-21/h9-10,13,15H,1-8,11-12,14H2,(H,20,23). The van der Waals surface area contributed by atoms with E-state index < -0.39 is 20.6 Å². The number of nitrogens with zero attached hydrogens (tertiary/aromatic N) is 2. The van der Waals surface area contributed by atoms with Crippen LogP contribution in [0.15, 0.2) is 23.1 Å². The molecular formula is C19H27N3O6S. The van der Waals surface area contributed by atoms with Crippen molar-refractivity contribution < 1.29 is 22.9 Å². The second-order valence-corrected chi connectivity index (χ2v) is 9.48. The minimum Gasteiger partial charge on any atom is -0.477 e. The molecule has 160 valence electrons. The summed E-state index contributed by atoms with van der Waals surface area (Å²) in [4.78, 5) is 22.8. The van der Waals surface area contributed by atoms with Crippen molar-refractivity contribution in [1.82, 2.24) is 9.62 Å². The Bertz CT molecular complexity index is 844. The number of nitro groups is 1. The summed E-state index contributed by atoms with van der Waals surface area (Å²) in [6, 6.07) is 3.65. The first-order valence-corrected chi connectivity index (χ1v) is 11.5. The van der Waals surface area contributed by atoms with Gasteiger partial charge in [0, 0.05) is 25.2 Å². The van der Waals surface area contributed by atoms with Crippen LogP contribution in [0.25, 0.3) is 0 Å². The van der Waals surface area contributed by atoms with Crippen LogP contribution in [0, 0.1) is 10.1 Å². The fourth-order valence-corrected chi connectivity index (χ4v) is 5.37. The number of hydrogen-bond acceptors (Lipinski definition) is 6. The number of ether oxygens (including phenoxy) is 1. The molecule has 1 aliphatic heterocycles. The summed E-state index contributed by atoms with van der Waals surface area (Å²) in [5.74, 6) is -0.452. The number of amides is 1. The predicted molar refractivity (Wildman–Crippen MR) is 106 cm³/mol. The van der Waals surface area contributed by atoms with Crippen molar-refractivity contribution in [1.29, 1.82) is 0 Å². The molecule has 29 heavy (non-hydrogen) atoms. The number of benzene rings is 1. The van der Waals surface area contributed by atoms with E-state index in [-0.39, 0.29) is 29.2 Å². The van der Waals surface area contributed by atoms with Crippen molar-refractivity contribution in [3.05, 3.63) is 28.3 Å². The van der Waals surface area contributed by atoms with Crippen molar-refractivity contribution in [3.8, 4) is 5.75 Å². The Labute approximate surface area is 170 Å². The van der Waals surface area contributed by atoms with Crippen molar-refractivity contribution in [2.75, 3.05) is 19.7 Å². The fraction of sp³-hybridized carbons (Fsp3) is 0.632. The third-order valence-corrected chi connectivity index (χ3v) is 7.30. The van der Waals surface area contributed by atoms with Crippen LogP contribution in [0.3, 0.4) is 0 Å². The van der Waals surface area contributed by atoms with E-state index in [1.54, 1.807) is 0 Å². The van der Waals surface area contributed by atoms with E-state index >= 15 is 0 Å². The lowest BCUT2D eigenvalue weighted by Gasteiger charge is -2.17. The van der Waals surface area contributed by atoms with Gasteiger partial charge in [-0.25, -0.2) is 8.42 Å². The zero-order chi connectivity index (χ0) is 20.9. The normalized spacial score (nSPS) is 18.9. The Hall–Kier alpha value is -2.20. The molecule has 0 radical (unpaired) electrons. The van der Waals surface area contributed by atoms with Crippen molar-refractivity contribution in [2.45, 2.75) is 62.3 Å². The van der Waals surface area contributed by atoms with Crippen LogP contribution >= 0.6 is 0 Å². The van der Waals surface area contributed by atoms with Gasteiger partial charge in [-0.2, -0.15) is 4.31 Å². The summed E-state index contributed by atoms with van der Waals surface area (Å²) in [6.07, 6.45) is 7.89. The summed E-state index contributed by atoms with van der Waals surface area (Å²) in [7, 11) is -3.77. The second kappa shape index (κ2) is 9.53. The molecule has 0 spiro atoms. The molecule has 0 atom stereocenters. The molecule has 2 aliphatic rings. The highest BCUT2D eigenvalue weighted by Gasteiger charge is 2.30. The molecule has 1 amide bonds. The SMILES string of the molecule is O=C(COc1ccc(S(=O)(=O)N2CCCC2)cc1[N+](=O)[O-])NC1CCCCCC1. The van der Waals surface area contributed by atoms with Gasteiger partial charge in [0.05, 0.1) is 9.82 Å². The van der Waals surface area contributed by atoms with Gasteiger partial charge in [-0.05, 0) is 37.8 Å². The van der Waals surface area contributed by atoms with Crippen molar-refractivity contribution >= 4 is 21.6 Å². The lowest BCUT2D eigenvalue weighted by atomic mass is 10.1. The van der Waals surface area contributed by atoms with Crippen LogP contribution in [0.4, 0.5) is 5.69 Å². The van der Waals surface area contributed by atoms with E-state index in [1.807, 2.05) is 0 Å². The molecule has 0 bridgehead atoms. The maximum absolute atomic E-state index is 12.6. The molecule has 3 rings (SSSR count). The minimum absolute atomic E-state index is 0.108. The molecule has 2 fully saturated rings. The molecule has 1 aliphatic carbocycles. The molecule has 1 N–H and O–H groups in total. The Morgan fingerprint density at radius 1 is 1.14 bits per heavy atom. The highest BCUT2D eigenvalue weighted by Crippen LogP contribution is 2.31. The number of carbonyl (C=O) groups excluding carboxylic acids is 1. The lowest BCUT2D eigenvalue weighted by Crippen LogP contribution is -2.37. The molecule has 10 heteroatoms. The highest BCUT2D eigenvalue weighted by atomic mass is 32.2. The van der Waals surface area contributed by atoms with Crippen LogP contribution < -0.4 is 10.1 Å². The fourth-order valence-electron chi connectivity index (χ4n) is 3.84. The molecular weight excluding hydrogens is 398 g/mol. The van der Waals surface area contributed by atoms with Gasteiger partial charge in [0.1, 0.15) is 0 Å². The summed E-state index contributed by atoms with van der Waals surface area (Å²) >= 11 is 0. The molecule has 1 saturated heterocycles. The largest absolute Gasteiger partial charge is 0.477 e. The van der Waals surface area contributed by atoms with Gasteiger partial charge >= 0.3 is 5.69 Å². The van der Waals surface area contributed by atoms with Gasteiger partial charge in [0.15, 0.2) is 12.4 Å². The third-order valence-electron chi connectivity index (χ3n) is 5.41. The number of hydrogen-bond donors (Lipinski definition) is 1. The maximum atomic E-state index is 12.6. The first kappa shape index (κ1) is 21.5. The van der Waals surface area contributed by atoms with Gasteiger partial charge in [0.25, 0.3) is 5.91 Å². The number of rotatable bonds is 7. The molecule has 0 unspecified atom stereocenters. The first-order valence-electron chi connectivity index (χ1n) is 10.1. The average Bonchev–Trinajstić information content (AvgIpc) is 3.13. The number of sulfonamides is 1. The zero-order valence-corrected chi connectivity index (χ0v) is 17.2. The molecule has 1 saturated carbocycles. The minimum atomic E-state index is -3.77.